The molecule has 2 rings (SSSR count). The summed E-state index contributed by atoms with van der Waals surface area (Å²) in [5, 5.41) is 7.87. The van der Waals surface area contributed by atoms with Gasteiger partial charge in [-0.25, -0.2) is 0 Å². The maximum atomic E-state index is 7.87. The van der Waals surface area contributed by atoms with Crippen LogP contribution in [-0.2, 0) is 0 Å². The SMILES string of the molecule is CN1CCC(CN2CCCCC2=N)C1. The Morgan fingerprint density at radius 2 is 2.21 bits per heavy atom. The summed E-state index contributed by atoms with van der Waals surface area (Å²) in [7, 11) is 2.20. The number of nitrogens with one attached hydrogen (secondary N) is 1. The van der Waals surface area contributed by atoms with E-state index < -0.39 is 0 Å². The van der Waals surface area contributed by atoms with Gasteiger partial charge in [-0.1, -0.05) is 0 Å². The Morgan fingerprint density at radius 3 is 2.86 bits per heavy atom. The molecule has 2 heterocycles. The Labute approximate surface area is 86.6 Å². The van der Waals surface area contributed by atoms with Crippen LogP contribution >= 0.6 is 0 Å². The molecule has 0 radical (unpaired) electrons. The highest BCUT2D eigenvalue weighted by atomic mass is 15.2. The summed E-state index contributed by atoms with van der Waals surface area (Å²) in [5.74, 6) is 1.68. The standard InChI is InChI=1S/C11H21N3/c1-13-7-5-10(8-13)9-14-6-3-2-4-11(14)12/h10,12H,2-9H2,1H3. The van der Waals surface area contributed by atoms with Crippen LogP contribution in [0.3, 0.4) is 0 Å². The van der Waals surface area contributed by atoms with Crippen molar-refractivity contribution in [2.45, 2.75) is 25.7 Å². The second-order valence-corrected chi connectivity index (χ2v) is 4.77. The number of hydrogen-bond acceptors (Lipinski definition) is 2. The lowest BCUT2D eigenvalue weighted by Gasteiger charge is -2.31. The zero-order valence-corrected chi connectivity index (χ0v) is 9.13. The van der Waals surface area contributed by atoms with E-state index in [0.717, 1.165) is 31.3 Å². The molecule has 1 N–H and O–H groups in total. The number of amidine groups is 1. The monoisotopic (exact) mass is 195 g/mol. The highest BCUT2D eigenvalue weighted by Gasteiger charge is 2.24. The molecule has 0 bridgehead atoms. The lowest BCUT2D eigenvalue weighted by molar-refractivity contribution is 0.302. The predicted octanol–water partition coefficient (Wildman–Crippen LogP) is 1.40. The molecule has 2 aliphatic heterocycles. The molecule has 0 aromatic carbocycles. The van der Waals surface area contributed by atoms with Gasteiger partial charge in [0.25, 0.3) is 0 Å². The number of nitrogens with zero attached hydrogens (tertiary/aromatic N) is 2. The smallest absolute Gasteiger partial charge is 0.0957 e. The topological polar surface area (TPSA) is 30.3 Å². The van der Waals surface area contributed by atoms with Gasteiger partial charge >= 0.3 is 0 Å². The van der Waals surface area contributed by atoms with Crippen LogP contribution in [0.15, 0.2) is 0 Å². The molecule has 0 saturated carbocycles. The number of rotatable bonds is 2. The van der Waals surface area contributed by atoms with Gasteiger partial charge in [-0.05, 0) is 38.8 Å². The Hall–Kier alpha value is -0.570. The first-order valence-electron chi connectivity index (χ1n) is 5.76. The van der Waals surface area contributed by atoms with Crippen molar-refractivity contribution in [3.05, 3.63) is 0 Å². The summed E-state index contributed by atoms with van der Waals surface area (Å²) in [6, 6.07) is 0. The minimum absolute atomic E-state index is 0.804. The van der Waals surface area contributed by atoms with Gasteiger partial charge in [-0.2, -0.15) is 0 Å². The van der Waals surface area contributed by atoms with Crippen LogP contribution in [0, 0.1) is 11.3 Å². The third kappa shape index (κ3) is 2.27. The molecule has 80 valence electrons. The Kier molecular flexibility index (Phi) is 3.06. The lowest BCUT2D eigenvalue weighted by atomic mass is 10.0. The molecule has 1 unspecified atom stereocenters. The summed E-state index contributed by atoms with van der Waals surface area (Å²) >= 11 is 0. The molecular weight excluding hydrogens is 174 g/mol. The second-order valence-electron chi connectivity index (χ2n) is 4.77. The molecule has 1 atom stereocenters. The molecule has 3 heteroatoms. The molecule has 2 aliphatic rings. The van der Waals surface area contributed by atoms with Crippen LogP contribution in [0.5, 0.6) is 0 Å². The van der Waals surface area contributed by atoms with E-state index in [1.165, 1.54) is 32.4 Å². The highest BCUT2D eigenvalue weighted by molar-refractivity contribution is 5.79. The van der Waals surface area contributed by atoms with Crippen LogP contribution in [0.1, 0.15) is 25.7 Å². The van der Waals surface area contributed by atoms with E-state index in [2.05, 4.69) is 16.8 Å². The fourth-order valence-electron chi connectivity index (χ4n) is 2.58. The van der Waals surface area contributed by atoms with Gasteiger partial charge in [-0.15, -0.1) is 0 Å². The van der Waals surface area contributed by atoms with E-state index in [4.69, 9.17) is 5.41 Å². The third-order valence-electron chi connectivity index (χ3n) is 3.44. The van der Waals surface area contributed by atoms with Gasteiger partial charge in [0.15, 0.2) is 0 Å². The zero-order valence-electron chi connectivity index (χ0n) is 9.13. The Bertz CT molecular complexity index is 215. The summed E-state index contributed by atoms with van der Waals surface area (Å²) < 4.78 is 0. The van der Waals surface area contributed by atoms with Crippen molar-refractivity contribution in [1.82, 2.24) is 9.80 Å². The van der Waals surface area contributed by atoms with E-state index in [1.807, 2.05) is 0 Å². The maximum Gasteiger partial charge on any atom is 0.0957 e. The summed E-state index contributed by atoms with van der Waals surface area (Å²) in [6.07, 6.45) is 4.83. The maximum absolute atomic E-state index is 7.87. The number of likely N-dealkylation sites (tertiary alicyclic amines) is 2. The van der Waals surface area contributed by atoms with Crippen molar-refractivity contribution in [1.29, 1.82) is 5.41 Å². The molecule has 0 spiro atoms. The van der Waals surface area contributed by atoms with Gasteiger partial charge < -0.3 is 9.80 Å². The van der Waals surface area contributed by atoms with Crippen LogP contribution in [0.25, 0.3) is 0 Å². The fourth-order valence-corrected chi connectivity index (χ4v) is 2.58. The zero-order chi connectivity index (χ0) is 9.97. The first kappa shape index (κ1) is 9.97. The van der Waals surface area contributed by atoms with Gasteiger partial charge in [-0.3, -0.25) is 5.41 Å². The fraction of sp³-hybridized carbons (Fsp3) is 0.909. The van der Waals surface area contributed by atoms with Crippen molar-refractivity contribution >= 4 is 5.84 Å². The minimum atomic E-state index is 0.804. The first-order chi connectivity index (χ1) is 6.75. The van der Waals surface area contributed by atoms with Crippen LogP contribution in [0.2, 0.25) is 0 Å². The summed E-state index contributed by atoms with van der Waals surface area (Å²) in [4.78, 5) is 4.70. The summed E-state index contributed by atoms with van der Waals surface area (Å²) in [6.45, 7) is 4.72. The Morgan fingerprint density at radius 1 is 1.36 bits per heavy atom. The largest absolute Gasteiger partial charge is 0.360 e. The predicted molar refractivity (Wildman–Crippen MR) is 58.8 cm³/mol. The molecule has 3 nitrogen and oxygen atoms in total. The number of piperidine rings is 1. The van der Waals surface area contributed by atoms with E-state index in [-0.39, 0.29) is 0 Å². The second kappa shape index (κ2) is 4.30. The number of hydrogen-bond donors (Lipinski definition) is 1. The third-order valence-corrected chi connectivity index (χ3v) is 3.44. The summed E-state index contributed by atoms with van der Waals surface area (Å²) in [5.41, 5.74) is 0. The van der Waals surface area contributed by atoms with Crippen molar-refractivity contribution in [3.8, 4) is 0 Å². The molecule has 14 heavy (non-hydrogen) atoms. The van der Waals surface area contributed by atoms with Crippen LogP contribution in [0.4, 0.5) is 0 Å². The molecule has 2 saturated heterocycles. The average molecular weight is 195 g/mol. The van der Waals surface area contributed by atoms with Crippen LogP contribution in [-0.4, -0.2) is 48.9 Å². The molecular formula is C11H21N3. The van der Waals surface area contributed by atoms with E-state index in [0.29, 0.717) is 0 Å². The van der Waals surface area contributed by atoms with Gasteiger partial charge in [0, 0.05) is 26.1 Å². The van der Waals surface area contributed by atoms with Crippen molar-refractivity contribution in [2.24, 2.45) is 5.92 Å². The highest BCUT2D eigenvalue weighted by Crippen LogP contribution is 2.19. The normalized spacial score (nSPS) is 29.9. The Balaban J connectivity index is 1.81. The van der Waals surface area contributed by atoms with E-state index in [9.17, 15) is 0 Å². The van der Waals surface area contributed by atoms with Gasteiger partial charge in [0.05, 0.1) is 5.84 Å². The quantitative estimate of drug-likeness (QED) is 0.722. The average Bonchev–Trinajstić information content (AvgIpc) is 2.56. The minimum Gasteiger partial charge on any atom is -0.360 e. The van der Waals surface area contributed by atoms with Crippen molar-refractivity contribution in [3.63, 3.8) is 0 Å². The molecule has 0 aromatic heterocycles. The molecule has 0 aromatic rings. The molecule has 0 amide bonds. The van der Waals surface area contributed by atoms with Crippen LogP contribution < -0.4 is 0 Å². The van der Waals surface area contributed by atoms with Gasteiger partial charge in [0.1, 0.15) is 0 Å². The van der Waals surface area contributed by atoms with E-state index >= 15 is 0 Å². The van der Waals surface area contributed by atoms with Crippen molar-refractivity contribution < 1.29 is 0 Å². The first-order valence-corrected chi connectivity index (χ1v) is 5.76. The van der Waals surface area contributed by atoms with Gasteiger partial charge in [0.2, 0.25) is 0 Å². The molecule has 0 aliphatic carbocycles. The van der Waals surface area contributed by atoms with E-state index in [1.54, 1.807) is 0 Å². The lowest BCUT2D eigenvalue weighted by Crippen LogP contribution is -2.38. The van der Waals surface area contributed by atoms with Crippen molar-refractivity contribution in [2.75, 3.05) is 33.2 Å². The molecule has 2 fully saturated rings.